The molecule has 1 aliphatic heterocycles. The molecule has 1 N–H and O–H groups in total. The van der Waals surface area contributed by atoms with Crippen LogP contribution in [0.3, 0.4) is 0 Å². The molecular formula is C29H22B3ClF3N9O2. The Hall–Kier alpha value is -4.66. The van der Waals surface area contributed by atoms with E-state index < -0.39 is 34.6 Å². The van der Waals surface area contributed by atoms with Crippen LogP contribution >= 0.6 is 11.6 Å². The second-order valence-electron chi connectivity index (χ2n) is 11.2. The molecule has 1 aromatic carbocycles. The van der Waals surface area contributed by atoms with Crippen LogP contribution in [0.2, 0.25) is 5.02 Å². The predicted octanol–water partition coefficient (Wildman–Crippen LogP) is 3.84. The molecule has 47 heavy (non-hydrogen) atoms. The van der Waals surface area contributed by atoms with Gasteiger partial charge in [0.2, 0.25) is 5.91 Å². The predicted molar refractivity (Wildman–Crippen MR) is 169 cm³/mol. The number of hydrogen-bond donors (Lipinski definition) is 1. The molecule has 5 heterocycles. The molecule has 18 heteroatoms. The average molecular weight is 653 g/mol. The van der Waals surface area contributed by atoms with Crippen LogP contribution < -0.4 is 10.9 Å². The maximum Gasteiger partial charge on any atom is 0.436 e. The number of fused-ring (bicyclic) bond motifs is 4. The lowest BCUT2D eigenvalue weighted by atomic mass is 9.49. The van der Waals surface area contributed by atoms with Gasteiger partial charge in [0.15, 0.2) is 5.69 Å². The van der Waals surface area contributed by atoms with Gasteiger partial charge >= 0.3 is 6.18 Å². The van der Waals surface area contributed by atoms with Gasteiger partial charge in [-0.2, -0.15) is 18.3 Å². The highest BCUT2D eigenvalue weighted by Crippen LogP contribution is 2.35. The van der Waals surface area contributed by atoms with E-state index in [1.807, 2.05) is 0 Å². The van der Waals surface area contributed by atoms with Gasteiger partial charge in [0, 0.05) is 28.8 Å². The number of nitrogens with zero attached hydrogens (tertiary/aromatic N) is 8. The number of rotatable bonds is 4. The Morgan fingerprint density at radius 2 is 1.81 bits per heavy atom. The number of carbonyl (C=O) groups is 1. The second kappa shape index (κ2) is 12.2. The lowest BCUT2D eigenvalue weighted by Crippen LogP contribution is -2.36. The number of hydrogen-bond acceptors (Lipinski definition) is 7. The summed E-state index contributed by atoms with van der Waals surface area (Å²) < 4.78 is 43.2. The molecule has 232 valence electrons. The van der Waals surface area contributed by atoms with Crippen molar-refractivity contribution >= 4 is 46.7 Å². The van der Waals surface area contributed by atoms with Crippen LogP contribution in [-0.4, -0.2) is 68.8 Å². The number of aromatic nitrogens is 8. The monoisotopic (exact) mass is 653 g/mol. The summed E-state index contributed by atoms with van der Waals surface area (Å²) in [7, 11) is 17.9. The third-order valence-electron chi connectivity index (χ3n) is 7.80. The van der Waals surface area contributed by atoms with Gasteiger partial charge in [-0.15, -0.1) is 5.10 Å². The maximum atomic E-state index is 13.8. The summed E-state index contributed by atoms with van der Waals surface area (Å²) >= 11 is 6.24. The van der Waals surface area contributed by atoms with E-state index in [1.54, 1.807) is 25.3 Å². The van der Waals surface area contributed by atoms with Gasteiger partial charge in [0.1, 0.15) is 5.69 Å². The molecular weight excluding hydrogens is 631 g/mol. The van der Waals surface area contributed by atoms with E-state index in [9.17, 15) is 22.8 Å². The van der Waals surface area contributed by atoms with Crippen molar-refractivity contribution < 1.29 is 18.0 Å². The summed E-state index contributed by atoms with van der Waals surface area (Å²) in [6.07, 6.45) is 1.85. The van der Waals surface area contributed by atoms with E-state index in [4.69, 9.17) is 35.1 Å². The van der Waals surface area contributed by atoms with Gasteiger partial charge in [-0.3, -0.25) is 23.8 Å². The molecule has 0 saturated carbocycles. The highest BCUT2D eigenvalue weighted by atomic mass is 35.5. The van der Waals surface area contributed by atoms with Crippen LogP contribution in [0.15, 0.2) is 66.1 Å². The largest absolute Gasteiger partial charge is 0.436 e. The van der Waals surface area contributed by atoms with E-state index >= 15 is 0 Å². The van der Waals surface area contributed by atoms with Gasteiger partial charge in [0.05, 0.1) is 71.1 Å². The normalized spacial score (nSPS) is 17.3. The van der Waals surface area contributed by atoms with E-state index in [-0.39, 0.29) is 33.6 Å². The Bertz CT molecular complexity index is 2040. The van der Waals surface area contributed by atoms with Crippen molar-refractivity contribution in [2.45, 2.75) is 43.6 Å². The van der Waals surface area contributed by atoms with Crippen LogP contribution in [0, 0.1) is 5.92 Å². The molecule has 5 aromatic rings. The summed E-state index contributed by atoms with van der Waals surface area (Å²) in [5.41, 5.74) is 0.576. The molecule has 11 nitrogen and oxygen atoms in total. The summed E-state index contributed by atoms with van der Waals surface area (Å²) in [4.78, 5) is 35.8. The number of halogens is 4. The molecule has 1 amide bonds. The molecule has 0 fully saturated rings. The molecule has 2 atom stereocenters. The molecule has 6 rings (SSSR count). The van der Waals surface area contributed by atoms with Gasteiger partial charge in [-0.05, 0) is 54.0 Å². The van der Waals surface area contributed by atoms with Crippen LogP contribution in [0.25, 0.3) is 28.3 Å². The Labute approximate surface area is 274 Å². The van der Waals surface area contributed by atoms with E-state index in [0.717, 1.165) is 15.6 Å². The van der Waals surface area contributed by atoms with Crippen LogP contribution in [0.4, 0.5) is 18.9 Å². The fourth-order valence-corrected chi connectivity index (χ4v) is 5.62. The van der Waals surface area contributed by atoms with E-state index in [1.165, 1.54) is 41.4 Å². The Morgan fingerprint density at radius 3 is 2.51 bits per heavy atom. The van der Waals surface area contributed by atoms with Crippen molar-refractivity contribution in [1.82, 2.24) is 39.3 Å². The number of benzene rings is 1. The first-order valence-electron chi connectivity index (χ1n) is 14.3. The number of anilines is 1. The highest BCUT2D eigenvalue weighted by molar-refractivity contribution is 6.56. The molecule has 2 bridgehead atoms. The van der Waals surface area contributed by atoms with Crippen LogP contribution in [-0.2, 0) is 16.2 Å². The topological polar surface area (TPSA) is 125 Å². The zero-order valence-corrected chi connectivity index (χ0v) is 25.4. The van der Waals surface area contributed by atoms with E-state index in [0.29, 0.717) is 36.2 Å². The zero-order chi connectivity index (χ0) is 33.7. The lowest BCUT2D eigenvalue weighted by Gasteiger charge is -2.26. The molecule has 4 aromatic heterocycles. The summed E-state index contributed by atoms with van der Waals surface area (Å²) in [5.74, 6) is -0.657. The third kappa shape index (κ3) is 6.48. The standard InChI is InChI=1S/C29H22B3ClF3N9O2/c1-15-3-2-4-22(16-7-8-37-20(9-16)26-21(40-27(15)47)12-39-45(26)29(30,31)32)43-14-38-19(11-25(43)46)18-10-17(33)5-6-23(18)44-13-24(41-42-44)28(34,35)36/h5-15,22H,2-4H2,1H3,(H,40,47)/t15-,22+/m1/s1. The molecule has 0 aliphatic carbocycles. The second-order valence-corrected chi connectivity index (χ2v) is 11.7. The first kappa shape index (κ1) is 32.3. The molecule has 6 radical (unpaired) electrons. The maximum absolute atomic E-state index is 13.8. The quantitative estimate of drug-likeness (QED) is 0.293. The fraction of sp³-hybridized carbons (Fsp3) is 0.276. The number of amides is 1. The lowest BCUT2D eigenvalue weighted by molar-refractivity contribution is -0.141. The fourth-order valence-electron chi connectivity index (χ4n) is 5.45. The first-order chi connectivity index (χ1) is 22.2. The molecule has 1 aliphatic rings. The van der Waals surface area contributed by atoms with Gasteiger partial charge in [0.25, 0.3) is 5.56 Å². The number of pyridine rings is 1. The first-order valence-corrected chi connectivity index (χ1v) is 14.7. The minimum absolute atomic E-state index is 0.153. The summed E-state index contributed by atoms with van der Waals surface area (Å²) in [5, 5.41) is 12.2. The molecule has 0 unspecified atom stereocenters. The van der Waals surface area contributed by atoms with Crippen molar-refractivity contribution in [3.63, 3.8) is 0 Å². The number of alkyl halides is 3. The Balaban J connectivity index is 1.44. The summed E-state index contributed by atoms with van der Waals surface area (Å²) in [6.45, 7) is 1.79. The smallest absolute Gasteiger partial charge is 0.323 e. The van der Waals surface area contributed by atoms with Crippen molar-refractivity contribution in [2.24, 2.45) is 5.92 Å². The van der Waals surface area contributed by atoms with Crippen molar-refractivity contribution in [2.75, 3.05) is 5.32 Å². The summed E-state index contributed by atoms with van der Waals surface area (Å²) in [6, 6.07) is 8.60. The average Bonchev–Trinajstić information content (AvgIpc) is 3.67. The van der Waals surface area contributed by atoms with Crippen LogP contribution in [0.1, 0.15) is 43.5 Å². The van der Waals surface area contributed by atoms with E-state index in [2.05, 4.69) is 30.7 Å². The van der Waals surface area contributed by atoms with Crippen LogP contribution in [0.5, 0.6) is 0 Å². The van der Waals surface area contributed by atoms with Gasteiger partial charge < -0.3 is 5.32 Å². The zero-order valence-electron chi connectivity index (χ0n) is 24.7. The van der Waals surface area contributed by atoms with Crippen molar-refractivity contribution in [3.05, 3.63) is 87.9 Å². The number of carbonyl (C=O) groups excluding carboxylic acids is 1. The minimum atomic E-state index is -4.70. The molecule has 0 saturated heterocycles. The van der Waals surface area contributed by atoms with Gasteiger partial charge in [-0.1, -0.05) is 30.2 Å². The molecule has 0 spiro atoms. The highest BCUT2D eigenvalue weighted by Gasteiger charge is 2.35. The Morgan fingerprint density at radius 1 is 1.02 bits per heavy atom. The number of nitrogens with one attached hydrogen (secondary N) is 1. The minimum Gasteiger partial charge on any atom is -0.323 e. The van der Waals surface area contributed by atoms with Crippen molar-refractivity contribution in [3.8, 4) is 28.3 Å². The van der Waals surface area contributed by atoms with Gasteiger partial charge in [-0.25, -0.2) is 9.67 Å². The van der Waals surface area contributed by atoms with Crippen molar-refractivity contribution in [1.29, 1.82) is 0 Å². The third-order valence-corrected chi connectivity index (χ3v) is 8.04. The SMILES string of the molecule is [B]C([B])([B])n1ncc2c1-c1cc(ccn1)[C@@H](n1cnc(-c3cc(Cl)ccc3-n3cc(C(F)(F)F)nn3)cc1=O)CCC[C@@H](C)C(=O)N2. The Kier molecular flexibility index (Phi) is 8.37.